The van der Waals surface area contributed by atoms with Crippen molar-refractivity contribution < 1.29 is 22.7 Å². The van der Waals surface area contributed by atoms with E-state index in [-0.39, 0.29) is 11.5 Å². The van der Waals surface area contributed by atoms with Crippen molar-refractivity contribution in [3.8, 4) is 0 Å². The molecule has 1 saturated heterocycles. The molecule has 3 rings (SSSR count). The molecule has 1 atom stereocenters. The molecule has 2 aromatic rings. The number of nitrogens with zero attached hydrogens (tertiary/aromatic N) is 1. The standard InChI is InChI=1S/C19H19NO5S/c21-18(13-25-19(22)15-7-3-1-4-8-15)20(16-9-5-2-6-10-16)17-11-12-26(23,24)14-17/h1-10,17H,11-14H2/t17-/m1/s1. The Balaban J connectivity index is 1.74. The van der Waals surface area contributed by atoms with Gasteiger partial charge in [-0.15, -0.1) is 0 Å². The third-order valence-corrected chi connectivity index (χ3v) is 5.96. The number of para-hydroxylation sites is 1. The fraction of sp³-hybridized carbons (Fsp3) is 0.263. The normalized spacial score (nSPS) is 18.2. The van der Waals surface area contributed by atoms with Crippen LogP contribution in [0.25, 0.3) is 0 Å². The molecule has 0 saturated carbocycles. The molecule has 1 heterocycles. The van der Waals surface area contributed by atoms with Crippen LogP contribution >= 0.6 is 0 Å². The SMILES string of the molecule is O=C(OCC(=O)N(c1ccccc1)[C@@H]1CCS(=O)(=O)C1)c1ccccc1. The third kappa shape index (κ3) is 4.29. The van der Waals surface area contributed by atoms with Gasteiger partial charge in [-0.2, -0.15) is 0 Å². The van der Waals surface area contributed by atoms with E-state index < -0.39 is 34.4 Å². The Morgan fingerprint density at radius 1 is 1.00 bits per heavy atom. The van der Waals surface area contributed by atoms with Crippen molar-refractivity contribution in [2.24, 2.45) is 0 Å². The van der Waals surface area contributed by atoms with Crippen LogP contribution in [0.4, 0.5) is 5.69 Å². The Hall–Kier alpha value is -2.67. The first-order chi connectivity index (χ1) is 12.5. The van der Waals surface area contributed by atoms with E-state index in [0.29, 0.717) is 17.7 Å². The molecule has 1 amide bonds. The molecule has 0 spiro atoms. The molecule has 1 fully saturated rings. The second-order valence-corrected chi connectivity index (χ2v) is 8.33. The highest BCUT2D eigenvalue weighted by Crippen LogP contribution is 2.24. The molecular weight excluding hydrogens is 354 g/mol. The van der Waals surface area contributed by atoms with Gasteiger partial charge < -0.3 is 9.64 Å². The predicted molar refractivity (Wildman–Crippen MR) is 97.7 cm³/mol. The van der Waals surface area contributed by atoms with Crippen molar-refractivity contribution in [2.75, 3.05) is 23.0 Å². The van der Waals surface area contributed by atoms with Crippen molar-refractivity contribution in [3.05, 3.63) is 66.2 Å². The summed E-state index contributed by atoms with van der Waals surface area (Å²) < 4.78 is 28.8. The first kappa shape index (κ1) is 18.1. The number of carbonyl (C=O) groups excluding carboxylic acids is 2. The van der Waals surface area contributed by atoms with Crippen LogP contribution in [0, 0.1) is 0 Å². The summed E-state index contributed by atoms with van der Waals surface area (Å²) in [7, 11) is -3.16. The number of hydrogen-bond acceptors (Lipinski definition) is 5. The molecule has 0 aromatic heterocycles. The quantitative estimate of drug-likeness (QED) is 0.750. The van der Waals surface area contributed by atoms with E-state index in [2.05, 4.69) is 0 Å². The van der Waals surface area contributed by atoms with Gasteiger partial charge in [-0.3, -0.25) is 4.79 Å². The molecule has 7 heteroatoms. The van der Waals surface area contributed by atoms with Crippen molar-refractivity contribution >= 4 is 27.4 Å². The fourth-order valence-electron chi connectivity index (χ4n) is 2.98. The number of anilines is 1. The number of benzene rings is 2. The number of rotatable bonds is 5. The minimum Gasteiger partial charge on any atom is -0.452 e. The average Bonchev–Trinajstić information content (AvgIpc) is 3.01. The highest BCUT2D eigenvalue weighted by molar-refractivity contribution is 7.91. The van der Waals surface area contributed by atoms with Crippen LogP contribution in [-0.2, 0) is 19.4 Å². The number of ether oxygens (including phenoxy) is 1. The van der Waals surface area contributed by atoms with E-state index in [4.69, 9.17) is 4.74 Å². The van der Waals surface area contributed by atoms with Crippen molar-refractivity contribution in [1.82, 2.24) is 0 Å². The molecule has 0 radical (unpaired) electrons. The van der Waals surface area contributed by atoms with Crippen molar-refractivity contribution in [1.29, 1.82) is 0 Å². The molecule has 2 aromatic carbocycles. The number of sulfone groups is 1. The maximum absolute atomic E-state index is 12.7. The van der Waals surface area contributed by atoms with Gasteiger partial charge >= 0.3 is 5.97 Å². The van der Waals surface area contributed by atoms with Crippen LogP contribution in [0.3, 0.4) is 0 Å². The molecule has 26 heavy (non-hydrogen) atoms. The minimum absolute atomic E-state index is 0.0537. The highest BCUT2D eigenvalue weighted by atomic mass is 32.2. The molecule has 0 unspecified atom stereocenters. The van der Waals surface area contributed by atoms with Gasteiger partial charge in [0, 0.05) is 5.69 Å². The lowest BCUT2D eigenvalue weighted by atomic mass is 10.2. The maximum atomic E-state index is 12.7. The minimum atomic E-state index is -3.16. The Bertz CT molecular complexity index is 881. The largest absolute Gasteiger partial charge is 0.452 e. The molecule has 1 aliphatic rings. The first-order valence-electron chi connectivity index (χ1n) is 8.26. The van der Waals surface area contributed by atoms with E-state index in [9.17, 15) is 18.0 Å². The van der Waals surface area contributed by atoms with Crippen LogP contribution in [-0.4, -0.2) is 44.4 Å². The summed E-state index contributed by atoms with van der Waals surface area (Å²) in [6, 6.07) is 16.8. The Kier molecular flexibility index (Phi) is 5.37. The van der Waals surface area contributed by atoms with Crippen LogP contribution in [0.5, 0.6) is 0 Å². The Morgan fingerprint density at radius 3 is 2.19 bits per heavy atom. The van der Waals surface area contributed by atoms with Crippen LogP contribution in [0.2, 0.25) is 0 Å². The summed E-state index contributed by atoms with van der Waals surface area (Å²) in [6.45, 7) is -0.445. The highest BCUT2D eigenvalue weighted by Gasteiger charge is 2.35. The van der Waals surface area contributed by atoms with Gasteiger partial charge in [-0.05, 0) is 30.7 Å². The summed E-state index contributed by atoms with van der Waals surface area (Å²) in [4.78, 5) is 26.2. The molecule has 136 valence electrons. The molecule has 0 bridgehead atoms. The van der Waals surface area contributed by atoms with E-state index in [1.54, 1.807) is 54.6 Å². The van der Waals surface area contributed by atoms with Gasteiger partial charge in [0.15, 0.2) is 16.4 Å². The second-order valence-electron chi connectivity index (χ2n) is 6.10. The van der Waals surface area contributed by atoms with Gasteiger partial charge in [0.25, 0.3) is 5.91 Å². The van der Waals surface area contributed by atoms with Crippen LogP contribution < -0.4 is 4.90 Å². The summed E-state index contributed by atoms with van der Waals surface area (Å²) in [5.74, 6) is -1.06. The van der Waals surface area contributed by atoms with E-state index in [1.807, 2.05) is 6.07 Å². The Morgan fingerprint density at radius 2 is 1.62 bits per heavy atom. The summed E-state index contributed by atoms with van der Waals surface area (Å²) >= 11 is 0. The number of amides is 1. The second kappa shape index (κ2) is 7.70. The van der Waals surface area contributed by atoms with Gasteiger partial charge in [-0.25, -0.2) is 13.2 Å². The Labute approximate surface area is 152 Å². The van der Waals surface area contributed by atoms with Crippen molar-refractivity contribution in [2.45, 2.75) is 12.5 Å². The fourth-order valence-corrected chi connectivity index (χ4v) is 4.68. The molecule has 0 N–H and O–H groups in total. The molecular formula is C19H19NO5S. The zero-order valence-electron chi connectivity index (χ0n) is 14.1. The first-order valence-corrected chi connectivity index (χ1v) is 10.1. The lowest BCUT2D eigenvalue weighted by Gasteiger charge is -2.28. The predicted octanol–water partition coefficient (Wildman–Crippen LogP) is 2.06. The summed E-state index contributed by atoms with van der Waals surface area (Å²) in [6.07, 6.45) is 0.371. The van der Waals surface area contributed by atoms with Gasteiger partial charge in [0.05, 0.1) is 23.1 Å². The number of esters is 1. The molecule has 6 nitrogen and oxygen atoms in total. The van der Waals surface area contributed by atoms with E-state index in [0.717, 1.165) is 0 Å². The van der Waals surface area contributed by atoms with Crippen molar-refractivity contribution in [3.63, 3.8) is 0 Å². The monoisotopic (exact) mass is 373 g/mol. The summed E-state index contributed by atoms with van der Waals surface area (Å²) in [5.41, 5.74) is 0.949. The zero-order valence-corrected chi connectivity index (χ0v) is 14.9. The molecule has 1 aliphatic heterocycles. The number of hydrogen-bond donors (Lipinski definition) is 0. The number of carbonyl (C=O) groups is 2. The maximum Gasteiger partial charge on any atom is 0.338 e. The average molecular weight is 373 g/mol. The van der Waals surface area contributed by atoms with E-state index in [1.165, 1.54) is 4.90 Å². The lowest BCUT2D eigenvalue weighted by Crippen LogP contribution is -2.43. The zero-order chi connectivity index (χ0) is 18.6. The third-order valence-electron chi connectivity index (χ3n) is 4.21. The smallest absolute Gasteiger partial charge is 0.338 e. The van der Waals surface area contributed by atoms with Gasteiger partial charge in [-0.1, -0.05) is 36.4 Å². The topological polar surface area (TPSA) is 80.8 Å². The van der Waals surface area contributed by atoms with Crippen LogP contribution in [0.1, 0.15) is 16.8 Å². The summed E-state index contributed by atoms with van der Waals surface area (Å²) in [5, 5.41) is 0. The molecule has 0 aliphatic carbocycles. The lowest BCUT2D eigenvalue weighted by molar-refractivity contribution is -0.122. The van der Waals surface area contributed by atoms with Crippen LogP contribution in [0.15, 0.2) is 60.7 Å². The van der Waals surface area contributed by atoms with Gasteiger partial charge in [0.2, 0.25) is 0 Å². The van der Waals surface area contributed by atoms with E-state index >= 15 is 0 Å². The van der Waals surface area contributed by atoms with Gasteiger partial charge in [0.1, 0.15) is 0 Å².